The van der Waals surface area contributed by atoms with Crippen LogP contribution in [0.3, 0.4) is 0 Å². The van der Waals surface area contributed by atoms with Crippen molar-refractivity contribution in [3.05, 3.63) is 57.9 Å². The number of aromatic nitrogens is 1. The lowest BCUT2D eigenvalue weighted by atomic mass is 10.1. The van der Waals surface area contributed by atoms with Crippen LogP contribution in [0.15, 0.2) is 46.3 Å². The predicted molar refractivity (Wildman–Crippen MR) is 119 cm³/mol. The van der Waals surface area contributed by atoms with Crippen molar-refractivity contribution in [3.63, 3.8) is 0 Å². The predicted octanol–water partition coefficient (Wildman–Crippen LogP) is 2.48. The highest BCUT2D eigenvalue weighted by Gasteiger charge is 2.18. The molecule has 0 radical (unpaired) electrons. The van der Waals surface area contributed by atoms with Crippen LogP contribution < -0.4 is 4.80 Å². The number of amides is 1. The summed E-state index contributed by atoms with van der Waals surface area (Å²) in [6.07, 6.45) is 0. The maximum atomic E-state index is 12.8. The van der Waals surface area contributed by atoms with Gasteiger partial charge in [0, 0.05) is 19.7 Å². The lowest BCUT2D eigenvalue weighted by Crippen LogP contribution is -2.23. The van der Waals surface area contributed by atoms with Gasteiger partial charge in [-0.25, -0.2) is 12.7 Å². The van der Waals surface area contributed by atoms with Gasteiger partial charge in [0.2, 0.25) is 10.0 Å². The Hall–Kier alpha value is -2.82. The van der Waals surface area contributed by atoms with Gasteiger partial charge in [0.05, 0.1) is 22.2 Å². The maximum Gasteiger partial charge on any atom is 0.325 e. The van der Waals surface area contributed by atoms with Crippen molar-refractivity contribution < 1.29 is 22.7 Å². The Morgan fingerprint density at radius 3 is 2.29 bits per heavy atom. The first-order valence-electron chi connectivity index (χ1n) is 9.33. The summed E-state index contributed by atoms with van der Waals surface area (Å²) in [6.45, 7) is 3.88. The van der Waals surface area contributed by atoms with Gasteiger partial charge in [-0.3, -0.25) is 9.59 Å². The van der Waals surface area contributed by atoms with E-state index in [1.165, 1.54) is 56.8 Å². The molecule has 0 N–H and O–H groups in total. The smallest absolute Gasteiger partial charge is 0.325 e. The van der Waals surface area contributed by atoms with E-state index < -0.39 is 21.9 Å². The summed E-state index contributed by atoms with van der Waals surface area (Å²) in [4.78, 5) is 29.4. The highest BCUT2D eigenvalue weighted by Crippen LogP contribution is 2.22. The third-order valence-corrected chi connectivity index (χ3v) is 7.76. The summed E-state index contributed by atoms with van der Waals surface area (Å²) in [5.74, 6) is -0.988. The Morgan fingerprint density at radius 1 is 1.10 bits per heavy atom. The van der Waals surface area contributed by atoms with Crippen LogP contribution in [0.1, 0.15) is 21.5 Å². The van der Waals surface area contributed by atoms with Gasteiger partial charge in [-0.05, 0) is 61.4 Å². The van der Waals surface area contributed by atoms with E-state index in [9.17, 15) is 18.0 Å². The Labute approximate surface area is 184 Å². The van der Waals surface area contributed by atoms with Gasteiger partial charge in [0.1, 0.15) is 6.54 Å². The summed E-state index contributed by atoms with van der Waals surface area (Å²) >= 11 is 1.30. The number of ether oxygens (including phenoxy) is 1. The molecule has 10 heteroatoms. The first kappa shape index (κ1) is 22.9. The van der Waals surface area contributed by atoms with Crippen molar-refractivity contribution in [1.29, 1.82) is 0 Å². The van der Waals surface area contributed by atoms with Crippen LogP contribution in [0.25, 0.3) is 10.2 Å². The minimum absolute atomic E-state index is 0.0782. The van der Waals surface area contributed by atoms with Crippen LogP contribution in [0.4, 0.5) is 0 Å². The van der Waals surface area contributed by atoms with Crippen molar-refractivity contribution >= 4 is 43.5 Å². The van der Waals surface area contributed by atoms with Gasteiger partial charge in [0.15, 0.2) is 4.80 Å². The second kappa shape index (κ2) is 8.74. The molecule has 0 unspecified atom stereocenters. The first-order valence-corrected chi connectivity index (χ1v) is 11.6. The molecular formula is C21H23N3O5S2. The normalized spacial score (nSPS) is 12.5. The van der Waals surface area contributed by atoms with E-state index in [0.717, 1.165) is 25.6 Å². The van der Waals surface area contributed by atoms with E-state index in [4.69, 9.17) is 4.74 Å². The number of nitrogens with zero attached hydrogens (tertiary/aromatic N) is 3. The van der Waals surface area contributed by atoms with Gasteiger partial charge in [-0.2, -0.15) is 4.99 Å². The lowest BCUT2D eigenvalue weighted by molar-refractivity contribution is -0.141. The number of hydrogen-bond acceptors (Lipinski definition) is 6. The van der Waals surface area contributed by atoms with Gasteiger partial charge in [-0.15, -0.1) is 0 Å². The van der Waals surface area contributed by atoms with Crippen LogP contribution >= 0.6 is 11.3 Å². The van der Waals surface area contributed by atoms with E-state index >= 15 is 0 Å². The Bertz CT molecular complexity index is 1330. The van der Waals surface area contributed by atoms with Gasteiger partial charge in [-0.1, -0.05) is 11.3 Å². The first-order chi connectivity index (χ1) is 14.5. The topological polar surface area (TPSA) is 98.0 Å². The molecule has 0 atom stereocenters. The van der Waals surface area contributed by atoms with E-state index in [2.05, 4.69) is 4.99 Å². The molecule has 0 spiro atoms. The summed E-state index contributed by atoms with van der Waals surface area (Å²) in [5, 5.41) is 0. The van der Waals surface area contributed by atoms with Crippen molar-refractivity contribution in [1.82, 2.24) is 8.87 Å². The minimum atomic E-state index is -3.59. The standard InChI is InChI=1S/C21H23N3O5S2/c1-13-10-17-18(11-14(13)2)30-21(24(17)12-19(25)29-5)22-20(26)15-6-8-16(9-7-15)31(27,28)23(3)4/h6-11H,12H2,1-5H3. The quantitative estimate of drug-likeness (QED) is 0.544. The highest BCUT2D eigenvalue weighted by atomic mass is 32.2. The number of methoxy groups -OCH3 is 1. The second-order valence-corrected chi connectivity index (χ2v) is 10.3. The zero-order valence-electron chi connectivity index (χ0n) is 17.9. The third kappa shape index (κ3) is 4.60. The molecule has 2 aromatic carbocycles. The van der Waals surface area contributed by atoms with Crippen LogP contribution in [0.2, 0.25) is 0 Å². The second-order valence-electron chi connectivity index (χ2n) is 7.18. The minimum Gasteiger partial charge on any atom is -0.468 e. The zero-order chi connectivity index (χ0) is 22.9. The number of aryl methyl sites for hydroxylation is 2. The molecule has 1 amide bonds. The van der Waals surface area contributed by atoms with E-state index in [0.29, 0.717) is 4.80 Å². The summed E-state index contributed by atoms with van der Waals surface area (Å²) in [5.41, 5.74) is 3.18. The molecule has 0 aliphatic carbocycles. The van der Waals surface area contributed by atoms with Crippen LogP contribution in [0, 0.1) is 13.8 Å². The lowest BCUT2D eigenvalue weighted by Gasteiger charge is -2.11. The maximum absolute atomic E-state index is 12.8. The average molecular weight is 462 g/mol. The molecule has 1 aromatic heterocycles. The van der Waals surface area contributed by atoms with Gasteiger partial charge in [0.25, 0.3) is 5.91 Å². The van der Waals surface area contributed by atoms with Crippen molar-refractivity contribution in [2.24, 2.45) is 4.99 Å². The van der Waals surface area contributed by atoms with Crippen LogP contribution in [0.5, 0.6) is 0 Å². The number of fused-ring (bicyclic) bond motifs is 1. The van der Waals surface area contributed by atoms with E-state index in [1.807, 2.05) is 26.0 Å². The molecule has 31 heavy (non-hydrogen) atoms. The molecule has 0 aliphatic heterocycles. The Kier molecular flexibility index (Phi) is 6.44. The molecule has 3 rings (SSSR count). The Morgan fingerprint density at radius 2 is 1.71 bits per heavy atom. The summed E-state index contributed by atoms with van der Waals surface area (Å²) in [7, 11) is 0.593. The molecule has 164 valence electrons. The fraction of sp³-hybridized carbons (Fsp3) is 0.286. The molecule has 8 nitrogen and oxygen atoms in total. The number of thiazole rings is 1. The fourth-order valence-corrected chi connectivity index (χ4v) is 4.89. The van der Waals surface area contributed by atoms with E-state index in [1.54, 1.807) is 4.57 Å². The van der Waals surface area contributed by atoms with Crippen molar-refractivity contribution in [3.8, 4) is 0 Å². The number of sulfonamides is 1. The largest absolute Gasteiger partial charge is 0.468 e. The number of hydrogen-bond donors (Lipinski definition) is 0. The SMILES string of the molecule is COC(=O)Cn1c(=NC(=O)c2ccc(S(=O)(=O)N(C)C)cc2)sc2cc(C)c(C)cc21. The number of esters is 1. The fourth-order valence-electron chi connectivity index (χ4n) is 2.88. The monoisotopic (exact) mass is 461 g/mol. The molecule has 0 aliphatic rings. The third-order valence-electron chi connectivity index (χ3n) is 4.89. The van der Waals surface area contributed by atoms with Crippen molar-refractivity contribution in [2.75, 3.05) is 21.2 Å². The van der Waals surface area contributed by atoms with E-state index in [-0.39, 0.29) is 17.0 Å². The average Bonchev–Trinajstić information content (AvgIpc) is 3.03. The van der Waals surface area contributed by atoms with Gasteiger partial charge >= 0.3 is 5.97 Å². The van der Waals surface area contributed by atoms with Crippen molar-refractivity contribution in [2.45, 2.75) is 25.3 Å². The molecule has 3 aromatic rings. The molecular weight excluding hydrogens is 438 g/mol. The molecule has 0 saturated carbocycles. The highest BCUT2D eigenvalue weighted by molar-refractivity contribution is 7.89. The van der Waals surface area contributed by atoms with Crippen LogP contribution in [-0.2, 0) is 26.1 Å². The molecule has 0 bridgehead atoms. The number of rotatable bonds is 5. The van der Waals surface area contributed by atoms with Crippen LogP contribution in [-0.4, -0.2) is 50.4 Å². The molecule has 0 fully saturated rings. The Balaban J connectivity index is 2.08. The summed E-state index contributed by atoms with van der Waals surface area (Å²) in [6, 6.07) is 9.54. The number of carbonyl (C=O) groups excluding carboxylic acids is 2. The van der Waals surface area contributed by atoms with Gasteiger partial charge < -0.3 is 9.30 Å². The number of carbonyl (C=O) groups is 2. The molecule has 0 saturated heterocycles. The summed E-state index contributed by atoms with van der Waals surface area (Å²) < 4.78 is 32.9. The zero-order valence-corrected chi connectivity index (χ0v) is 19.5. The number of benzene rings is 2. The molecule has 1 heterocycles.